The quantitative estimate of drug-likeness (QED) is 0.815. The molecule has 0 fully saturated rings. The molecule has 0 aliphatic heterocycles. The molecule has 3 heteroatoms. The molecule has 25 heavy (non-hydrogen) atoms. The summed E-state index contributed by atoms with van der Waals surface area (Å²) >= 11 is 0. The molecule has 1 amide bonds. The van der Waals surface area contributed by atoms with Gasteiger partial charge in [-0.05, 0) is 53.6 Å². The Balaban J connectivity index is 2.15. The fraction of sp³-hybridized carbons (Fsp3) is 0.409. The van der Waals surface area contributed by atoms with Crippen molar-refractivity contribution < 1.29 is 9.53 Å². The van der Waals surface area contributed by atoms with Gasteiger partial charge in [-0.25, -0.2) is 0 Å². The Morgan fingerprint density at radius 3 is 2.24 bits per heavy atom. The molecule has 0 aliphatic carbocycles. The molecule has 0 spiro atoms. The summed E-state index contributed by atoms with van der Waals surface area (Å²) in [6.45, 7) is 10.6. The molecule has 2 aromatic rings. The molecule has 1 atom stereocenters. The zero-order valence-electron chi connectivity index (χ0n) is 16.1. The van der Waals surface area contributed by atoms with Crippen LogP contribution in [0.2, 0.25) is 0 Å². The zero-order valence-corrected chi connectivity index (χ0v) is 16.1. The lowest BCUT2D eigenvalue weighted by Gasteiger charge is -2.21. The van der Waals surface area contributed by atoms with Crippen LogP contribution in [-0.2, 0) is 5.41 Å². The van der Waals surface area contributed by atoms with Crippen molar-refractivity contribution in [3.8, 4) is 5.75 Å². The number of rotatable bonds is 5. The van der Waals surface area contributed by atoms with Crippen molar-refractivity contribution in [3.63, 3.8) is 0 Å². The maximum Gasteiger partial charge on any atom is 0.251 e. The highest BCUT2D eigenvalue weighted by Crippen LogP contribution is 2.25. The van der Waals surface area contributed by atoms with Crippen LogP contribution in [0.3, 0.4) is 0 Å². The van der Waals surface area contributed by atoms with Gasteiger partial charge in [0.2, 0.25) is 0 Å². The van der Waals surface area contributed by atoms with E-state index in [1.807, 2.05) is 43.3 Å². The van der Waals surface area contributed by atoms with Gasteiger partial charge >= 0.3 is 0 Å². The first-order valence-corrected chi connectivity index (χ1v) is 8.82. The van der Waals surface area contributed by atoms with Crippen LogP contribution in [0.15, 0.2) is 42.5 Å². The van der Waals surface area contributed by atoms with E-state index in [2.05, 4.69) is 39.1 Å². The van der Waals surface area contributed by atoms with Gasteiger partial charge < -0.3 is 10.1 Å². The highest BCUT2D eigenvalue weighted by atomic mass is 16.5. The second kappa shape index (κ2) is 7.73. The van der Waals surface area contributed by atoms with E-state index in [0.29, 0.717) is 5.56 Å². The van der Waals surface area contributed by atoms with Gasteiger partial charge in [0.25, 0.3) is 5.91 Å². The molecule has 0 saturated carbocycles. The van der Waals surface area contributed by atoms with E-state index in [-0.39, 0.29) is 17.4 Å². The third-order valence-corrected chi connectivity index (χ3v) is 4.55. The molecule has 134 valence electrons. The number of carbonyl (C=O) groups is 1. The maximum absolute atomic E-state index is 12.6. The van der Waals surface area contributed by atoms with Gasteiger partial charge in [0.15, 0.2) is 0 Å². The molecule has 0 heterocycles. The number of hydrogen-bond acceptors (Lipinski definition) is 2. The number of benzene rings is 2. The zero-order chi connectivity index (χ0) is 18.6. The van der Waals surface area contributed by atoms with Gasteiger partial charge in [0.05, 0.1) is 13.2 Å². The van der Waals surface area contributed by atoms with E-state index in [0.717, 1.165) is 23.3 Å². The van der Waals surface area contributed by atoms with E-state index < -0.39 is 0 Å². The minimum atomic E-state index is -0.0409. The van der Waals surface area contributed by atoms with Gasteiger partial charge in [-0.3, -0.25) is 4.79 Å². The van der Waals surface area contributed by atoms with Crippen LogP contribution in [0, 0.1) is 6.92 Å². The average molecular weight is 339 g/mol. The smallest absolute Gasteiger partial charge is 0.251 e. The molecule has 0 aliphatic rings. The highest BCUT2D eigenvalue weighted by molar-refractivity contribution is 5.94. The summed E-state index contributed by atoms with van der Waals surface area (Å²) in [6, 6.07) is 13.9. The third kappa shape index (κ3) is 4.62. The summed E-state index contributed by atoms with van der Waals surface area (Å²) in [6.07, 6.45) is 0.831. The van der Waals surface area contributed by atoms with E-state index in [1.54, 1.807) is 7.11 Å². The number of methoxy groups -OCH3 is 1. The first-order valence-electron chi connectivity index (χ1n) is 8.82. The lowest BCUT2D eigenvalue weighted by atomic mass is 9.86. The molecule has 0 aromatic heterocycles. The van der Waals surface area contributed by atoms with Gasteiger partial charge in [0.1, 0.15) is 5.75 Å². The second-order valence-corrected chi connectivity index (χ2v) is 7.49. The maximum atomic E-state index is 12.6. The molecular weight excluding hydrogens is 310 g/mol. The molecule has 0 unspecified atom stereocenters. The fourth-order valence-electron chi connectivity index (χ4n) is 2.90. The van der Waals surface area contributed by atoms with Crippen LogP contribution in [0.1, 0.15) is 67.2 Å². The molecule has 0 saturated heterocycles. The minimum Gasteiger partial charge on any atom is -0.496 e. The standard InChI is InChI=1S/C22H29NO2/c1-7-19(17-10-13-20(25-6)15(2)14-17)23-21(24)16-8-11-18(12-9-16)22(3,4)5/h8-14,19H,7H2,1-6H3,(H,23,24)/t19-/m1/s1. The monoisotopic (exact) mass is 339 g/mol. The van der Waals surface area contributed by atoms with Crippen LogP contribution >= 0.6 is 0 Å². The molecular formula is C22H29NO2. The van der Waals surface area contributed by atoms with Crippen molar-refractivity contribution in [1.82, 2.24) is 5.32 Å². The van der Waals surface area contributed by atoms with E-state index in [4.69, 9.17) is 4.74 Å². The first-order chi connectivity index (χ1) is 11.8. The van der Waals surface area contributed by atoms with Crippen LogP contribution < -0.4 is 10.1 Å². The van der Waals surface area contributed by atoms with Crippen molar-refractivity contribution >= 4 is 5.91 Å². The number of ether oxygens (including phenoxy) is 1. The first kappa shape index (κ1) is 19.0. The van der Waals surface area contributed by atoms with Crippen molar-refractivity contribution in [3.05, 3.63) is 64.7 Å². The summed E-state index contributed by atoms with van der Waals surface area (Å²) in [5.74, 6) is 0.823. The number of aryl methyl sites for hydroxylation is 1. The number of nitrogens with one attached hydrogen (secondary N) is 1. The molecule has 0 bridgehead atoms. The van der Waals surface area contributed by atoms with Crippen LogP contribution in [-0.4, -0.2) is 13.0 Å². The molecule has 1 N–H and O–H groups in total. The van der Waals surface area contributed by atoms with E-state index in [9.17, 15) is 4.79 Å². The van der Waals surface area contributed by atoms with Gasteiger partial charge in [-0.1, -0.05) is 52.0 Å². The largest absolute Gasteiger partial charge is 0.496 e. The minimum absolute atomic E-state index is 0.0144. The Hall–Kier alpha value is -2.29. The number of amides is 1. The summed E-state index contributed by atoms with van der Waals surface area (Å²) in [5, 5.41) is 3.14. The Morgan fingerprint density at radius 1 is 1.12 bits per heavy atom. The number of carbonyl (C=O) groups excluding carboxylic acids is 1. The predicted octanol–water partition coefficient (Wildman–Crippen LogP) is 5.18. The Morgan fingerprint density at radius 2 is 1.76 bits per heavy atom. The third-order valence-electron chi connectivity index (χ3n) is 4.55. The fourth-order valence-corrected chi connectivity index (χ4v) is 2.90. The van der Waals surface area contributed by atoms with Gasteiger partial charge in [0, 0.05) is 5.56 Å². The second-order valence-electron chi connectivity index (χ2n) is 7.49. The van der Waals surface area contributed by atoms with Crippen LogP contribution in [0.5, 0.6) is 5.75 Å². The van der Waals surface area contributed by atoms with Crippen LogP contribution in [0.4, 0.5) is 0 Å². The van der Waals surface area contributed by atoms with E-state index >= 15 is 0 Å². The summed E-state index contributed by atoms with van der Waals surface area (Å²) < 4.78 is 5.32. The Kier molecular flexibility index (Phi) is 5.89. The summed E-state index contributed by atoms with van der Waals surface area (Å²) in [7, 11) is 1.67. The van der Waals surface area contributed by atoms with Crippen molar-refractivity contribution in [2.45, 2.75) is 52.5 Å². The molecule has 0 radical (unpaired) electrons. The topological polar surface area (TPSA) is 38.3 Å². The van der Waals surface area contributed by atoms with Crippen LogP contribution in [0.25, 0.3) is 0 Å². The summed E-state index contributed by atoms with van der Waals surface area (Å²) in [5.41, 5.74) is 4.17. The Labute approximate surface area is 151 Å². The van der Waals surface area contributed by atoms with E-state index in [1.165, 1.54) is 5.56 Å². The lowest BCUT2D eigenvalue weighted by molar-refractivity contribution is 0.0935. The normalized spacial score (nSPS) is 12.6. The van der Waals surface area contributed by atoms with Crippen molar-refractivity contribution in [2.24, 2.45) is 0 Å². The lowest BCUT2D eigenvalue weighted by Crippen LogP contribution is -2.28. The molecule has 2 aromatic carbocycles. The molecule has 3 nitrogen and oxygen atoms in total. The van der Waals surface area contributed by atoms with Crippen molar-refractivity contribution in [1.29, 1.82) is 0 Å². The predicted molar refractivity (Wildman–Crippen MR) is 103 cm³/mol. The van der Waals surface area contributed by atoms with Crippen molar-refractivity contribution in [2.75, 3.05) is 7.11 Å². The Bertz CT molecular complexity index is 727. The van der Waals surface area contributed by atoms with Gasteiger partial charge in [-0.15, -0.1) is 0 Å². The number of hydrogen-bond donors (Lipinski definition) is 1. The SMILES string of the molecule is CC[C@@H](NC(=O)c1ccc(C(C)(C)C)cc1)c1ccc(OC)c(C)c1. The highest BCUT2D eigenvalue weighted by Gasteiger charge is 2.17. The van der Waals surface area contributed by atoms with Gasteiger partial charge in [-0.2, -0.15) is 0 Å². The summed E-state index contributed by atoms with van der Waals surface area (Å²) in [4.78, 5) is 12.6. The molecule has 2 rings (SSSR count). The average Bonchev–Trinajstić information content (AvgIpc) is 2.58.